The Morgan fingerprint density at radius 1 is 1.00 bits per heavy atom. The average molecular weight is 578 g/mol. The molecule has 1 aliphatic heterocycles. The molecule has 206 valence electrons. The van der Waals surface area contributed by atoms with Crippen LogP contribution in [0.3, 0.4) is 0 Å². The lowest BCUT2D eigenvalue weighted by molar-refractivity contribution is 0.0739. The average Bonchev–Trinajstić information content (AvgIpc) is 3.34. The number of aryl methyl sites for hydroxylation is 1. The number of ether oxygens (including phenoxy) is 3. The Balaban J connectivity index is 1.56. The van der Waals surface area contributed by atoms with Gasteiger partial charge in [0.05, 0.1) is 17.0 Å². The van der Waals surface area contributed by atoms with Gasteiger partial charge in [-0.3, -0.25) is 0 Å². The van der Waals surface area contributed by atoms with Gasteiger partial charge in [-0.15, -0.1) is 11.3 Å². The number of halogens is 2. The number of esters is 1. The van der Waals surface area contributed by atoms with E-state index in [2.05, 4.69) is 32.2 Å². The maximum Gasteiger partial charge on any atom is 0.353 e. The van der Waals surface area contributed by atoms with Crippen LogP contribution in [-0.2, 0) is 6.61 Å². The molecule has 0 fully saturated rings. The summed E-state index contributed by atoms with van der Waals surface area (Å²) in [5.41, 5.74) is 6.36. The SMILES string of the molecule is COc1cc(OC(=O)c2ccc(Cl)s2)ccc1-c1ccc2c(c1COc1cc(F)ccc1C)C(C)=CC(C)(C)N2. The van der Waals surface area contributed by atoms with Crippen LogP contribution in [-0.4, -0.2) is 18.6 Å². The zero-order valence-corrected chi connectivity index (χ0v) is 24.4. The minimum atomic E-state index is -0.491. The number of methoxy groups -OCH3 is 1. The molecule has 0 aliphatic carbocycles. The van der Waals surface area contributed by atoms with E-state index in [1.165, 1.54) is 12.1 Å². The van der Waals surface area contributed by atoms with Crippen molar-refractivity contribution in [2.24, 2.45) is 0 Å². The summed E-state index contributed by atoms with van der Waals surface area (Å²) in [5, 5.41) is 3.59. The summed E-state index contributed by atoms with van der Waals surface area (Å²) in [6, 6.07) is 17.2. The fourth-order valence-electron chi connectivity index (χ4n) is 5.02. The zero-order chi connectivity index (χ0) is 28.6. The van der Waals surface area contributed by atoms with E-state index in [0.717, 1.165) is 50.4 Å². The molecule has 0 radical (unpaired) electrons. The number of hydrogen-bond donors (Lipinski definition) is 1. The van der Waals surface area contributed by atoms with E-state index < -0.39 is 5.97 Å². The second-order valence-electron chi connectivity index (χ2n) is 10.2. The summed E-state index contributed by atoms with van der Waals surface area (Å²) in [5.74, 6) is 0.517. The lowest BCUT2D eigenvalue weighted by Crippen LogP contribution is -2.32. The third-order valence-corrected chi connectivity index (χ3v) is 7.92. The first-order chi connectivity index (χ1) is 19.0. The fraction of sp³-hybridized carbons (Fsp3) is 0.219. The first-order valence-corrected chi connectivity index (χ1v) is 13.9. The summed E-state index contributed by atoms with van der Waals surface area (Å²) >= 11 is 7.13. The van der Waals surface area contributed by atoms with Gasteiger partial charge in [0.1, 0.15) is 34.5 Å². The molecule has 0 saturated carbocycles. The minimum Gasteiger partial charge on any atom is -0.496 e. The van der Waals surface area contributed by atoms with Gasteiger partial charge in [-0.2, -0.15) is 0 Å². The molecule has 40 heavy (non-hydrogen) atoms. The minimum absolute atomic E-state index is 0.203. The highest BCUT2D eigenvalue weighted by Gasteiger charge is 2.27. The molecule has 3 aromatic carbocycles. The Kier molecular flexibility index (Phi) is 7.62. The van der Waals surface area contributed by atoms with Crippen molar-refractivity contribution in [2.75, 3.05) is 12.4 Å². The van der Waals surface area contributed by atoms with Crippen molar-refractivity contribution in [3.8, 4) is 28.4 Å². The molecule has 5 rings (SSSR count). The molecule has 0 amide bonds. The van der Waals surface area contributed by atoms with E-state index in [-0.39, 0.29) is 18.0 Å². The van der Waals surface area contributed by atoms with Crippen LogP contribution in [0.25, 0.3) is 16.7 Å². The number of carbonyl (C=O) groups excluding carboxylic acids is 1. The maximum atomic E-state index is 14.0. The molecule has 0 spiro atoms. The van der Waals surface area contributed by atoms with E-state index in [0.29, 0.717) is 26.5 Å². The van der Waals surface area contributed by atoms with E-state index >= 15 is 0 Å². The molecule has 4 aromatic rings. The summed E-state index contributed by atoms with van der Waals surface area (Å²) < 4.78 is 32.1. The van der Waals surface area contributed by atoms with Crippen LogP contribution < -0.4 is 19.5 Å². The first-order valence-electron chi connectivity index (χ1n) is 12.7. The van der Waals surface area contributed by atoms with Crippen LogP contribution >= 0.6 is 22.9 Å². The smallest absolute Gasteiger partial charge is 0.353 e. The summed E-state index contributed by atoms with van der Waals surface area (Å²) in [4.78, 5) is 13.0. The predicted molar refractivity (Wildman–Crippen MR) is 160 cm³/mol. The Morgan fingerprint density at radius 2 is 1.77 bits per heavy atom. The quantitative estimate of drug-likeness (QED) is 0.175. The van der Waals surface area contributed by atoms with Gasteiger partial charge >= 0.3 is 5.97 Å². The third-order valence-electron chi connectivity index (χ3n) is 6.71. The number of thiophene rings is 1. The van der Waals surface area contributed by atoms with Gasteiger partial charge in [-0.1, -0.05) is 29.8 Å². The molecule has 0 unspecified atom stereocenters. The van der Waals surface area contributed by atoms with Crippen LogP contribution in [0.15, 0.2) is 66.7 Å². The van der Waals surface area contributed by atoms with Crippen LogP contribution in [0.2, 0.25) is 4.34 Å². The van der Waals surface area contributed by atoms with Crippen molar-refractivity contribution in [2.45, 2.75) is 39.8 Å². The van der Waals surface area contributed by atoms with Crippen molar-refractivity contribution in [1.29, 1.82) is 0 Å². The lowest BCUT2D eigenvalue weighted by atomic mass is 9.85. The summed E-state index contributed by atoms with van der Waals surface area (Å²) in [6.45, 7) is 8.41. The van der Waals surface area contributed by atoms with Gasteiger partial charge < -0.3 is 19.5 Å². The first kappa shape index (κ1) is 27.7. The van der Waals surface area contributed by atoms with Crippen molar-refractivity contribution >= 4 is 40.2 Å². The molecular formula is C32H29ClFNO4S. The Bertz CT molecular complexity index is 1640. The highest BCUT2D eigenvalue weighted by Crippen LogP contribution is 2.43. The largest absolute Gasteiger partial charge is 0.496 e. The second-order valence-corrected chi connectivity index (χ2v) is 12.0. The Hall–Kier alpha value is -3.81. The van der Waals surface area contributed by atoms with Gasteiger partial charge in [0.2, 0.25) is 0 Å². The normalized spacial score (nSPS) is 13.6. The molecule has 8 heteroatoms. The number of fused-ring (bicyclic) bond motifs is 1. The second kappa shape index (κ2) is 11.0. The number of allylic oxidation sites excluding steroid dienone is 1. The van der Waals surface area contributed by atoms with Gasteiger partial charge in [0.25, 0.3) is 0 Å². The molecule has 0 bridgehead atoms. The van der Waals surface area contributed by atoms with E-state index in [1.54, 1.807) is 37.4 Å². The van der Waals surface area contributed by atoms with Crippen LogP contribution in [0, 0.1) is 12.7 Å². The molecule has 2 heterocycles. The molecule has 1 N–H and O–H groups in total. The Morgan fingerprint density at radius 3 is 2.50 bits per heavy atom. The number of rotatable bonds is 7. The van der Waals surface area contributed by atoms with E-state index in [9.17, 15) is 9.18 Å². The molecule has 1 aliphatic rings. The molecule has 1 aromatic heterocycles. The highest BCUT2D eigenvalue weighted by atomic mass is 35.5. The molecular weight excluding hydrogens is 549 g/mol. The highest BCUT2D eigenvalue weighted by molar-refractivity contribution is 7.17. The molecule has 0 atom stereocenters. The summed E-state index contributed by atoms with van der Waals surface area (Å²) in [6.07, 6.45) is 2.19. The zero-order valence-electron chi connectivity index (χ0n) is 22.9. The van der Waals surface area contributed by atoms with E-state index in [4.69, 9.17) is 25.8 Å². The molecule has 0 saturated heterocycles. The van der Waals surface area contributed by atoms with E-state index in [1.807, 2.05) is 25.1 Å². The number of hydrogen-bond acceptors (Lipinski definition) is 6. The van der Waals surface area contributed by atoms with Crippen molar-refractivity contribution in [1.82, 2.24) is 0 Å². The fourth-order valence-corrected chi connectivity index (χ4v) is 5.94. The number of carbonyl (C=O) groups is 1. The predicted octanol–water partition coefficient (Wildman–Crippen LogP) is 8.93. The summed E-state index contributed by atoms with van der Waals surface area (Å²) in [7, 11) is 1.57. The van der Waals surface area contributed by atoms with Gasteiger partial charge in [0, 0.05) is 34.5 Å². The topological polar surface area (TPSA) is 56.8 Å². The Labute approximate surface area is 242 Å². The maximum absolute atomic E-state index is 14.0. The van der Waals surface area contributed by atoms with Crippen LogP contribution in [0.1, 0.15) is 47.1 Å². The van der Waals surface area contributed by atoms with Crippen molar-refractivity contribution in [3.05, 3.63) is 98.5 Å². The van der Waals surface area contributed by atoms with Crippen molar-refractivity contribution < 1.29 is 23.4 Å². The third kappa shape index (κ3) is 5.71. The number of nitrogens with one attached hydrogen (secondary N) is 1. The van der Waals surface area contributed by atoms with Gasteiger partial charge in [0.15, 0.2) is 0 Å². The van der Waals surface area contributed by atoms with Crippen LogP contribution in [0.5, 0.6) is 17.2 Å². The monoisotopic (exact) mass is 577 g/mol. The molecule has 5 nitrogen and oxygen atoms in total. The standard InChI is InChI=1S/C32H29ClFNO4S/c1-18-6-7-20(34)14-26(18)38-17-24-22(10-11-25-30(24)19(2)16-32(3,4)35-25)23-9-8-21(15-27(23)37-5)39-31(36)28-12-13-29(33)40-28/h6-16,35H,17H2,1-5H3. The van der Waals surface area contributed by atoms with Crippen LogP contribution in [0.4, 0.5) is 10.1 Å². The van der Waals surface area contributed by atoms with Gasteiger partial charge in [-0.25, -0.2) is 9.18 Å². The number of benzene rings is 3. The number of anilines is 1. The van der Waals surface area contributed by atoms with Crippen molar-refractivity contribution in [3.63, 3.8) is 0 Å². The lowest BCUT2D eigenvalue weighted by Gasteiger charge is -2.33. The van der Waals surface area contributed by atoms with Gasteiger partial charge in [-0.05, 0) is 80.8 Å².